The van der Waals surface area contributed by atoms with Crippen LogP contribution in [0, 0.1) is 12.7 Å². The number of anilines is 3. The van der Waals surface area contributed by atoms with Gasteiger partial charge in [0.1, 0.15) is 16.5 Å². The van der Waals surface area contributed by atoms with Crippen molar-refractivity contribution in [2.24, 2.45) is 0 Å². The van der Waals surface area contributed by atoms with E-state index in [4.69, 9.17) is 5.73 Å². The molecule has 6 heteroatoms. The van der Waals surface area contributed by atoms with Gasteiger partial charge in [-0.15, -0.1) is 11.3 Å². The highest BCUT2D eigenvalue weighted by molar-refractivity contribution is 7.16. The Morgan fingerprint density at radius 3 is 2.89 bits per heavy atom. The van der Waals surface area contributed by atoms with Crippen molar-refractivity contribution in [1.82, 2.24) is 9.97 Å². The molecule has 0 atom stereocenters. The van der Waals surface area contributed by atoms with Gasteiger partial charge in [-0.05, 0) is 36.1 Å². The van der Waals surface area contributed by atoms with Crippen LogP contribution >= 0.6 is 11.3 Å². The minimum Gasteiger partial charge on any atom is -0.368 e. The number of benzene rings is 1. The van der Waals surface area contributed by atoms with Gasteiger partial charge in [-0.2, -0.15) is 4.98 Å². The van der Waals surface area contributed by atoms with Crippen LogP contribution in [0.2, 0.25) is 0 Å². The molecule has 19 heavy (non-hydrogen) atoms. The van der Waals surface area contributed by atoms with Crippen LogP contribution in [0.25, 0.3) is 10.2 Å². The number of hydrogen-bond acceptors (Lipinski definition) is 5. The van der Waals surface area contributed by atoms with Crippen molar-refractivity contribution < 1.29 is 4.39 Å². The number of nitrogens with two attached hydrogens (primary N) is 1. The number of fused-ring (bicyclic) bond motifs is 1. The van der Waals surface area contributed by atoms with E-state index in [9.17, 15) is 4.39 Å². The predicted molar refractivity (Wildman–Crippen MR) is 76.2 cm³/mol. The van der Waals surface area contributed by atoms with E-state index in [2.05, 4.69) is 15.3 Å². The van der Waals surface area contributed by atoms with E-state index in [0.29, 0.717) is 17.1 Å². The highest BCUT2D eigenvalue weighted by Gasteiger charge is 2.08. The second-order valence-corrected chi connectivity index (χ2v) is 5.05. The monoisotopic (exact) mass is 274 g/mol. The molecule has 0 radical (unpaired) electrons. The minimum absolute atomic E-state index is 0.199. The van der Waals surface area contributed by atoms with Crippen molar-refractivity contribution in [3.8, 4) is 0 Å². The quantitative estimate of drug-likeness (QED) is 0.751. The highest BCUT2D eigenvalue weighted by atomic mass is 32.1. The van der Waals surface area contributed by atoms with Gasteiger partial charge in [0, 0.05) is 5.69 Å². The predicted octanol–water partition coefficient (Wildman–Crippen LogP) is 3.46. The topological polar surface area (TPSA) is 63.8 Å². The number of aromatic nitrogens is 2. The molecule has 0 fully saturated rings. The van der Waals surface area contributed by atoms with Crippen molar-refractivity contribution in [2.75, 3.05) is 11.1 Å². The third-order valence-corrected chi connectivity index (χ3v) is 3.58. The number of nitrogens with zero attached hydrogens (tertiary/aromatic N) is 2. The lowest BCUT2D eigenvalue weighted by molar-refractivity contribution is 0.619. The van der Waals surface area contributed by atoms with Gasteiger partial charge in [-0.3, -0.25) is 0 Å². The van der Waals surface area contributed by atoms with Crippen molar-refractivity contribution in [1.29, 1.82) is 0 Å². The van der Waals surface area contributed by atoms with Crippen LogP contribution in [0.3, 0.4) is 0 Å². The van der Waals surface area contributed by atoms with Crippen LogP contribution in [0.4, 0.5) is 21.8 Å². The molecule has 2 heterocycles. The number of nitrogens with one attached hydrogen (secondary N) is 1. The van der Waals surface area contributed by atoms with Crippen LogP contribution in [-0.2, 0) is 0 Å². The Labute approximate surface area is 113 Å². The molecule has 0 saturated heterocycles. The molecule has 3 rings (SSSR count). The first-order chi connectivity index (χ1) is 9.13. The van der Waals surface area contributed by atoms with Gasteiger partial charge in [0.15, 0.2) is 0 Å². The van der Waals surface area contributed by atoms with E-state index >= 15 is 0 Å². The van der Waals surface area contributed by atoms with E-state index < -0.39 is 0 Å². The molecule has 0 aliphatic carbocycles. The fraction of sp³-hybridized carbons (Fsp3) is 0.0769. The van der Waals surface area contributed by atoms with E-state index in [1.54, 1.807) is 19.1 Å². The molecule has 0 unspecified atom stereocenters. The van der Waals surface area contributed by atoms with Gasteiger partial charge in [0.2, 0.25) is 5.95 Å². The lowest BCUT2D eigenvalue weighted by Crippen LogP contribution is -2.00. The molecule has 0 amide bonds. The molecule has 0 spiro atoms. The summed E-state index contributed by atoms with van der Waals surface area (Å²) in [5.74, 6) is 0.533. The van der Waals surface area contributed by atoms with Crippen LogP contribution in [0.1, 0.15) is 5.56 Å². The summed E-state index contributed by atoms with van der Waals surface area (Å²) >= 11 is 1.49. The van der Waals surface area contributed by atoms with Crippen molar-refractivity contribution >= 4 is 39.0 Å². The van der Waals surface area contributed by atoms with E-state index in [1.165, 1.54) is 17.4 Å². The molecule has 0 bridgehead atoms. The van der Waals surface area contributed by atoms with Gasteiger partial charge in [0.25, 0.3) is 0 Å². The Kier molecular flexibility index (Phi) is 2.79. The summed E-state index contributed by atoms with van der Waals surface area (Å²) in [6, 6.07) is 6.86. The summed E-state index contributed by atoms with van der Waals surface area (Å²) in [4.78, 5) is 9.11. The Balaban J connectivity index is 2.04. The molecule has 3 aromatic rings. The Hall–Kier alpha value is -2.21. The van der Waals surface area contributed by atoms with Gasteiger partial charge < -0.3 is 11.1 Å². The lowest BCUT2D eigenvalue weighted by atomic mass is 10.2. The first kappa shape index (κ1) is 11.9. The maximum absolute atomic E-state index is 13.5. The molecule has 0 saturated carbocycles. The largest absolute Gasteiger partial charge is 0.368 e. The highest BCUT2D eigenvalue weighted by Crippen LogP contribution is 2.28. The third kappa shape index (κ3) is 2.22. The maximum Gasteiger partial charge on any atom is 0.223 e. The van der Waals surface area contributed by atoms with Crippen LogP contribution in [0.15, 0.2) is 29.6 Å². The maximum atomic E-state index is 13.5. The third-order valence-electron chi connectivity index (χ3n) is 2.78. The molecule has 2 aromatic heterocycles. The van der Waals surface area contributed by atoms with Gasteiger partial charge in [-0.25, -0.2) is 9.37 Å². The molecule has 96 valence electrons. The molecule has 0 aliphatic rings. The molecule has 0 aliphatic heterocycles. The summed E-state index contributed by atoms with van der Waals surface area (Å²) in [5.41, 5.74) is 6.90. The molecule has 3 N–H and O–H groups in total. The van der Waals surface area contributed by atoms with Crippen molar-refractivity contribution in [3.05, 3.63) is 41.0 Å². The zero-order chi connectivity index (χ0) is 13.4. The SMILES string of the molecule is Cc1ccc(Nc2nc(N)nc3sccc23)cc1F. The van der Waals surface area contributed by atoms with Gasteiger partial charge in [-0.1, -0.05) is 6.07 Å². The second kappa shape index (κ2) is 4.47. The lowest BCUT2D eigenvalue weighted by Gasteiger charge is -2.08. The van der Waals surface area contributed by atoms with Gasteiger partial charge in [0.05, 0.1) is 5.39 Å². The van der Waals surface area contributed by atoms with Crippen LogP contribution in [-0.4, -0.2) is 9.97 Å². The average Bonchev–Trinajstić information content (AvgIpc) is 2.82. The first-order valence-electron chi connectivity index (χ1n) is 5.67. The number of nitrogen functional groups attached to an aromatic ring is 1. The van der Waals surface area contributed by atoms with Crippen molar-refractivity contribution in [3.63, 3.8) is 0 Å². The number of rotatable bonds is 2. The first-order valence-corrected chi connectivity index (χ1v) is 6.55. The smallest absolute Gasteiger partial charge is 0.223 e. The summed E-state index contributed by atoms with van der Waals surface area (Å²) in [7, 11) is 0. The zero-order valence-corrected chi connectivity index (χ0v) is 11.0. The van der Waals surface area contributed by atoms with E-state index in [1.807, 2.05) is 11.4 Å². The second-order valence-electron chi connectivity index (χ2n) is 4.16. The Morgan fingerprint density at radius 2 is 2.11 bits per heavy atom. The standard InChI is InChI=1S/C13H11FN4S/c1-7-2-3-8(6-10(7)14)16-11-9-4-5-19-12(9)18-13(15)17-11/h2-6H,1H3,(H3,15,16,17,18). The average molecular weight is 274 g/mol. The minimum atomic E-state index is -0.256. The number of hydrogen-bond donors (Lipinski definition) is 2. The van der Waals surface area contributed by atoms with E-state index in [-0.39, 0.29) is 11.8 Å². The van der Waals surface area contributed by atoms with Crippen LogP contribution < -0.4 is 11.1 Å². The Bertz CT molecular complexity index is 753. The number of thiophene rings is 1. The normalized spacial score (nSPS) is 10.8. The van der Waals surface area contributed by atoms with Crippen molar-refractivity contribution in [2.45, 2.75) is 6.92 Å². The molecular weight excluding hydrogens is 263 g/mol. The fourth-order valence-corrected chi connectivity index (χ4v) is 2.55. The summed E-state index contributed by atoms with van der Waals surface area (Å²) in [6.07, 6.45) is 0. The Morgan fingerprint density at radius 1 is 1.26 bits per heavy atom. The molecular formula is C13H11FN4S. The van der Waals surface area contributed by atoms with Gasteiger partial charge >= 0.3 is 0 Å². The molecule has 4 nitrogen and oxygen atoms in total. The zero-order valence-electron chi connectivity index (χ0n) is 10.1. The van der Waals surface area contributed by atoms with Crippen LogP contribution in [0.5, 0.6) is 0 Å². The molecule has 1 aromatic carbocycles. The number of aryl methyl sites for hydroxylation is 1. The summed E-state index contributed by atoms with van der Waals surface area (Å²) in [6.45, 7) is 1.72. The fourth-order valence-electron chi connectivity index (χ4n) is 1.77. The van der Waals surface area contributed by atoms with E-state index in [0.717, 1.165) is 10.2 Å². The number of halogens is 1. The summed E-state index contributed by atoms with van der Waals surface area (Å²) in [5, 5.41) is 5.87. The summed E-state index contributed by atoms with van der Waals surface area (Å²) < 4.78 is 13.5.